The zero-order valence-corrected chi connectivity index (χ0v) is 23.4. The lowest BCUT2D eigenvalue weighted by molar-refractivity contribution is -0.133. The smallest absolute Gasteiger partial charge is 0.387 e. The van der Waals surface area contributed by atoms with E-state index in [1.165, 1.54) is 58.8 Å². The van der Waals surface area contributed by atoms with Gasteiger partial charge in [-0.25, -0.2) is 9.50 Å². The maximum Gasteiger partial charge on any atom is 0.387 e. The van der Waals surface area contributed by atoms with E-state index in [4.69, 9.17) is 16.3 Å². The molecule has 0 spiro atoms. The molecule has 6 rings (SSSR count). The SMILES string of the molecule is O=C(Nc1cn(CC(=O)N2CCC(N3CCCC3)CC2)nc1-c1cc(Cl)ccc1OC(F)F)c1cnn2cccnc12. The number of likely N-dealkylation sites (tertiary alicyclic amines) is 2. The van der Waals surface area contributed by atoms with Crippen molar-refractivity contribution in [1.82, 2.24) is 34.2 Å². The second kappa shape index (κ2) is 12.0. The molecule has 2 amide bonds. The van der Waals surface area contributed by atoms with Crippen molar-refractivity contribution in [3.63, 3.8) is 0 Å². The van der Waals surface area contributed by atoms with Crippen LogP contribution in [0.15, 0.2) is 49.1 Å². The number of amides is 2. The highest BCUT2D eigenvalue weighted by molar-refractivity contribution is 6.31. The molecule has 1 N–H and O–H groups in total. The first kappa shape index (κ1) is 28.0. The molecule has 5 heterocycles. The summed E-state index contributed by atoms with van der Waals surface area (Å²) in [6.07, 6.45) is 10.4. The minimum Gasteiger partial charge on any atom is -0.434 e. The third-order valence-electron chi connectivity index (χ3n) is 7.72. The van der Waals surface area contributed by atoms with Crippen molar-refractivity contribution in [3.05, 3.63) is 59.6 Å². The van der Waals surface area contributed by atoms with Crippen LogP contribution >= 0.6 is 11.6 Å². The van der Waals surface area contributed by atoms with E-state index >= 15 is 0 Å². The maximum absolute atomic E-state index is 13.3. The van der Waals surface area contributed by atoms with Gasteiger partial charge < -0.3 is 19.9 Å². The predicted molar refractivity (Wildman–Crippen MR) is 151 cm³/mol. The summed E-state index contributed by atoms with van der Waals surface area (Å²) >= 11 is 6.21. The zero-order valence-electron chi connectivity index (χ0n) is 22.6. The number of rotatable bonds is 8. The van der Waals surface area contributed by atoms with Crippen LogP contribution in [0.1, 0.15) is 36.0 Å². The van der Waals surface area contributed by atoms with E-state index in [1.807, 2.05) is 4.90 Å². The Kier molecular flexibility index (Phi) is 8.02. The maximum atomic E-state index is 13.3. The molecule has 4 aromatic rings. The molecular formula is C28H29ClF2N8O3. The molecule has 14 heteroatoms. The van der Waals surface area contributed by atoms with Gasteiger partial charge in [0.25, 0.3) is 5.91 Å². The number of carbonyl (C=O) groups is 2. The van der Waals surface area contributed by atoms with E-state index in [0.717, 1.165) is 25.9 Å². The van der Waals surface area contributed by atoms with Crippen molar-refractivity contribution in [2.45, 2.75) is 44.9 Å². The normalized spacial score (nSPS) is 16.4. The fraction of sp³-hybridized carbons (Fsp3) is 0.393. The lowest BCUT2D eigenvalue weighted by atomic mass is 10.0. The number of alkyl halides is 2. The van der Waals surface area contributed by atoms with Gasteiger partial charge in [0.2, 0.25) is 5.91 Å². The summed E-state index contributed by atoms with van der Waals surface area (Å²) < 4.78 is 34.1. The number of anilines is 1. The average molecular weight is 599 g/mol. The summed E-state index contributed by atoms with van der Waals surface area (Å²) in [5, 5.41) is 11.7. The van der Waals surface area contributed by atoms with E-state index in [2.05, 4.69) is 25.4 Å². The van der Waals surface area contributed by atoms with Crippen LogP contribution in [-0.2, 0) is 11.3 Å². The van der Waals surface area contributed by atoms with Gasteiger partial charge in [0.1, 0.15) is 23.6 Å². The number of ether oxygens (including phenoxy) is 1. The second-order valence-corrected chi connectivity index (χ2v) is 10.8. The predicted octanol–water partition coefficient (Wildman–Crippen LogP) is 4.19. The molecular weight excluding hydrogens is 570 g/mol. The number of nitrogens with zero attached hydrogens (tertiary/aromatic N) is 7. The highest BCUT2D eigenvalue weighted by Crippen LogP contribution is 2.37. The van der Waals surface area contributed by atoms with Gasteiger partial charge in [-0.15, -0.1) is 0 Å². The van der Waals surface area contributed by atoms with Crippen LogP contribution in [0.4, 0.5) is 14.5 Å². The third-order valence-corrected chi connectivity index (χ3v) is 7.95. The number of benzene rings is 1. The molecule has 0 unspecified atom stereocenters. The minimum absolute atomic E-state index is 0.0961. The second-order valence-electron chi connectivity index (χ2n) is 10.4. The summed E-state index contributed by atoms with van der Waals surface area (Å²) in [4.78, 5) is 35.1. The van der Waals surface area contributed by atoms with Crippen LogP contribution in [0.5, 0.6) is 5.75 Å². The number of hydrogen-bond donors (Lipinski definition) is 1. The van der Waals surface area contributed by atoms with Gasteiger partial charge in [0.15, 0.2) is 5.65 Å². The molecule has 42 heavy (non-hydrogen) atoms. The Bertz CT molecular complexity index is 1600. The van der Waals surface area contributed by atoms with Crippen molar-refractivity contribution in [1.29, 1.82) is 0 Å². The average Bonchev–Trinajstić information content (AvgIpc) is 3.74. The molecule has 2 saturated heterocycles. The summed E-state index contributed by atoms with van der Waals surface area (Å²) in [5.41, 5.74) is 0.958. The molecule has 220 valence electrons. The lowest BCUT2D eigenvalue weighted by Crippen LogP contribution is -2.46. The molecule has 0 radical (unpaired) electrons. The highest BCUT2D eigenvalue weighted by atomic mass is 35.5. The molecule has 0 bridgehead atoms. The summed E-state index contributed by atoms with van der Waals surface area (Å²) in [5.74, 6) is -0.843. The lowest BCUT2D eigenvalue weighted by Gasteiger charge is -2.36. The fourth-order valence-corrected chi connectivity index (χ4v) is 5.85. The number of aromatic nitrogens is 5. The van der Waals surface area contributed by atoms with Crippen LogP contribution in [0.25, 0.3) is 16.9 Å². The number of nitrogens with one attached hydrogen (secondary N) is 1. The molecule has 2 fully saturated rings. The Hall–Kier alpha value is -4.10. The molecule has 2 aliphatic heterocycles. The molecule has 0 saturated carbocycles. The Morgan fingerprint density at radius 1 is 1.14 bits per heavy atom. The fourth-order valence-electron chi connectivity index (χ4n) is 5.68. The van der Waals surface area contributed by atoms with Gasteiger partial charge in [0, 0.05) is 48.3 Å². The van der Waals surface area contributed by atoms with Crippen molar-refractivity contribution >= 4 is 34.7 Å². The van der Waals surface area contributed by atoms with Gasteiger partial charge in [-0.1, -0.05) is 11.6 Å². The molecule has 1 aromatic carbocycles. The number of fused-ring (bicyclic) bond motifs is 1. The molecule has 0 aliphatic carbocycles. The van der Waals surface area contributed by atoms with E-state index < -0.39 is 12.5 Å². The summed E-state index contributed by atoms with van der Waals surface area (Å²) in [6, 6.07) is 6.32. The number of piperidine rings is 1. The van der Waals surface area contributed by atoms with Gasteiger partial charge in [-0.3, -0.25) is 14.3 Å². The summed E-state index contributed by atoms with van der Waals surface area (Å²) in [7, 11) is 0. The van der Waals surface area contributed by atoms with Crippen LogP contribution in [0.3, 0.4) is 0 Å². The topological polar surface area (TPSA) is 110 Å². The molecule has 11 nitrogen and oxygen atoms in total. The Morgan fingerprint density at radius 3 is 2.69 bits per heavy atom. The first-order valence-electron chi connectivity index (χ1n) is 13.8. The van der Waals surface area contributed by atoms with Gasteiger partial charge in [0.05, 0.1) is 11.9 Å². The monoisotopic (exact) mass is 598 g/mol. The van der Waals surface area contributed by atoms with Crippen LogP contribution < -0.4 is 10.1 Å². The van der Waals surface area contributed by atoms with Crippen LogP contribution in [-0.4, -0.2) is 84.8 Å². The van der Waals surface area contributed by atoms with E-state index in [1.54, 1.807) is 12.3 Å². The van der Waals surface area contributed by atoms with Crippen LogP contribution in [0.2, 0.25) is 5.02 Å². The van der Waals surface area contributed by atoms with E-state index in [9.17, 15) is 18.4 Å². The number of halogens is 3. The quantitative estimate of drug-likeness (QED) is 0.324. The van der Waals surface area contributed by atoms with Gasteiger partial charge in [-0.2, -0.15) is 19.0 Å². The Balaban J connectivity index is 1.27. The summed E-state index contributed by atoms with van der Waals surface area (Å²) in [6.45, 7) is 0.353. The Morgan fingerprint density at radius 2 is 1.93 bits per heavy atom. The molecule has 2 aliphatic rings. The van der Waals surface area contributed by atoms with E-state index in [-0.39, 0.29) is 45.7 Å². The Labute approximate surface area is 245 Å². The van der Waals surface area contributed by atoms with Crippen molar-refractivity contribution in [2.24, 2.45) is 0 Å². The zero-order chi connectivity index (χ0) is 29.2. The third kappa shape index (κ3) is 5.93. The molecule has 3 aromatic heterocycles. The first-order valence-corrected chi connectivity index (χ1v) is 14.2. The van der Waals surface area contributed by atoms with Crippen molar-refractivity contribution in [3.8, 4) is 17.0 Å². The van der Waals surface area contributed by atoms with Gasteiger partial charge in [-0.05, 0) is 63.0 Å². The van der Waals surface area contributed by atoms with Crippen molar-refractivity contribution in [2.75, 3.05) is 31.5 Å². The van der Waals surface area contributed by atoms with Gasteiger partial charge >= 0.3 is 6.61 Å². The number of carbonyl (C=O) groups excluding carboxylic acids is 2. The largest absolute Gasteiger partial charge is 0.434 e. The molecule has 0 atom stereocenters. The van der Waals surface area contributed by atoms with E-state index in [0.29, 0.717) is 24.8 Å². The minimum atomic E-state index is -3.10. The number of hydrogen-bond acceptors (Lipinski definition) is 7. The standard InChI is InChI=1S/C28H29ClF2N8O3/c29-18-4-5-23(42-28(30)31)20(14-18)25-22(34-27(41)21-15-33-39-11-3-8-32-26(21)39)16-38(35-25)17-24(40)37-12-6-19(7-13-37)36-9-1-2-10-36/h3-5,8,11,14-16,19,28H,1-2,6-7,9-10,12-13,17H2,(H,34,41). The van der Waals surface area contributed by atoms with Crippen molar-refractivity contribution < 1.29 is 23.1 Å². The first-order chi connectivity index (χ1) is 20.4. The van der Waals surface area contributed by atoms with Crippen LogP contribution in [0, 0.1) is 0 Å². The highest BCUT2D eigenvalue weighted by Gasteiger charge is 2.29.